The number of carbonyl (C=O) groups is 1. The molecule has 2 rings (SSSR count). The number of halogens is 1. The highest BCUT2D eigenvalue weighted by atomic mass is 35.5. The van der Waals surface area contributed by atoms with Crippen LogP contribution in [0.2, 0.25) is 5.02 Å². The zero-order valence-electron chi connectivity index (χ0n) is 12.0. The Balaban J connectivity index is 1.68. The zero-order valence-corrected chi connectivity index (χ0v) is 13.6. The van der Waals surface area contributed by atoms with Gasteiger partial charge in [0.15, 0.2) is 0 Å². The van der Waals surface area contributed by atoms with Crippen LogP contribution < -0.4 is 5.32 Å². The molecule has 1 amide bonds. The van der Waals surface area contributed by atoms with E-state index in [1.807, 2.05) is 48.5 Å². The number of amides is 1. The van der Waals surface area contributed by atoms with Gasteiger partial charge in [0.05, 0.1) is 11.9 Å². The minimum Gasteiger partial charge on any atom is -0.388 e. The van der Waals surface area contributed by atoms with Gasteiger partial charge in [0.1, 0.15) is 0 Å². The topological polar surface area (TPSA) is 49.3 Å². The summed E-state index contributed by atoms with van der Waals surface area (Å²) in [5.41, 5.74) is 1.84. The van der Waals surface area contributed by atoms with Gasteiger partial charge in [-0.05, 0) is 23.3 Å². The molecule has 0 aromatic heterocycles. The summed E-state index contributed by atoms with van der Waals surface area (Å²) in [5, 5.41) is 13.5. The Morgan fingerprint density at radius 1 is 1.18 bits per heavy atom. The highest BCUT2D eigenvalue weighted by Crippen LogP contribution is 2.17. The molecule has 116 valence electrons. The van der Waals surface area contributed by atoms with E-state index >= 15 is 0 Å². The maximum atomic E-state index is 11.8. The lowest BCUT2D eigenvalue weighted by molar-refractivity contribution is -0.118. The minimum absolute atomic E-state index is 0.0507. The van der Waals surface area contributed by atoms with Crippen LogP contribution in [0.3, 0.4) is 0 Å². The predicted molar refractivity (Wildman–Crippen MR) is 92.0 cm³/mol. The van der Waals surface area contributed by atoms with E-state index in [1.165, 1.54) is 11.8 Å². The van der Waals surface area contributed by atoms with Crippen molar-refractivity contribution >= 4 is 29.3 Å². The Kier molecular flexibility index (Phi) is 6.77. The molecule has 2 aromatic carbocycles. The van der Waals surface area contributed by atoms with Gasteiger partial charge >= 0.3 is 0 Å². The fourth-order valence-corrected chi connectivity index (χ4v) is 2.97. The summed E-state index contributed by atoms with van der Waals surface area (Å²) in [5.74, 6) is 0.768. The Bertz CT molecular complexity index is 607. The SMILES string of the molecule is O=C(CSCC(O)c1ccccc1)NCc1cccc(Cl)c1. The highest BCUT2D eigenvalue weighted by molar-refractivity contribution is 7.99. The van der Waals surface area contributed by atoms with Gasteiger partial charge in [0.25, 0.3) is 0 Å². The van der Waals surface area contributed by atoms with E-state index in [4.69, 9.17) is 11.6 Å². The molecule has 0 aliphatic heterocycles. The number of hydrogen-bond acceptors (Lipinski definition) is 3. The predicted octanol–water partition coefficient (Wildman–Crippen LogP) is 3.42. The quantitative estimate of drug-likeness (QED) is 0.815. The second kappa shape index (κ2) is 8.83. The van der Waals surface area contributed by atoms with Crippen molar-refractivity contribution in [2.75, 3.05) is 11.5 Å². The van der Waals surface area contributed by atoms with Gasteiger partial charge in [-0.2, -0.15) is 0 Å². The fourth-order valence-electron chi connectivity index (χ4n) is 1.93. The molecule has 0 heterocycles. The lowest BCUT2D eigenvalue weighted by Gasteiger charge is -2.10. The first kappa shape index (κ1) is 16.9. The minimum atomic E-state index is -0.549. The number of rotatable bonds is 7. The first-order valence-corrected chi connectivity index (χ1v) is 8.50. The van der Waals surface area contributed by atoms with Crippen LogP contribution in [0.15, 0.2) is 54.6 Å². The second-order valence-corrected chi connectivity index (χ2v) is 6.31. The van der Waals surface area contributed by atoms with Gasteiger partial charge in [-0.25, -0.2) is 0 Å². The van der Waals surface area contributed by atoms with Crippen molar-refractivity contribution in [1.82, 2.24) is 5.32 Å². The summed E-state index contributed by atoms with van der Waals surface area (Å²) in [6.45, 7) is 0.460. The summed E-state index contributed by atoms with van der Waals surface area (Å²) < 4.78 is 0. The van der Waals surface area contributed by atoms with Gasteiger partial charge in [-0.1, -0.05) is 54.1 Å². The molecule has 3 nitrogen and oxygen atoms in total. The molecule has 0 radical (unpaired) electrons. The molecule has 1 atom stereocenters. The highest BCUT2D eigenvalue weighted by Gasteiger charge is 2.08. The largest absolute Gasteiger partial charge is 0.388 e. The first-order chi connectivity index (χ1) is 10.6. The third-order valence-corrected chi connectivity index (χ3v) is 4.32. The van der Waals surface area contributed by atoms with Gasteiger partial charge in [-0.15, -0.1) is 11.8 Å². The van der Waals surface area contributed by atoms with Gasteiger partial charge in [0, 0.05) is 17.3 Å². The van der Waals surface area contributed by atoms with Crippen molar-refractivity contribution in [3.63, 3.8) is 0 Å². The van der Waals surface area contributed by atoms with E-state index in [2.05, 4.69) is 5.32 Å². The van der Waals surface area contributed by atoms with Gasteiger partial charge in [-0.3, -0.25) is 4.79 Å². The summed E-state index contributed by atoms with van der Waals surface area (Å²) in [4.78, 5) is 11.8. The number of hydrogen-bond donors (Lipinski definition) is 2. The molecule has 1 unspecified atom stereocenters. The number of benzene rings is 2. The molecule has 2 N–H and O–H groups in total. The molecule has 2 aromatic rings. The van der Waals surface area contributed by atoms with Gasteiger partial charge < -0.3 is 10.4 Å². The van der Waals surface area contributed by atoms with Crippen LogP contribution in [0, 0.1) is 0 Å². The summed E-state index contributed by atoms with van der Waals surface area (Å²) in [7, 11) is 0. The van der Waals surface area contributed by atoms with E-state index in [9.17, 15) is 9.90 Å². The third-order valence-electron chi connectivity index (χ3n) is 3.07. The van der Waals surface area contributed by atoms with Crippen molar-refractivity contribution in [2.24, 2.45) is 0 Å². The van der Waals surface area contributed by atoms with Crippen molar-refractivity contribution in [3.05, 3.63) is 70.7 Å². The van der Waals surface area contributed by atoms with E-state index in [0.717, 1.165) is 11.1 Å². The molecule has 0 fully saturated rings. The van der Waals surface area contributed by atoms with Crippen molar-refractivity contribution in [1.29, 1.82) is 0 Å². The van der Waals surface area contributed by atoms with Crippen LogP contribution >= 0.6 is 23.4 Å². The van der Waals surface area contributed by atoms with Crippen LogP contribution in [0.5, 0.6) is 0 Å². The van der Waals surface area contributed by atoms with E-state index < -0.39 is 6.10 Å². The maximum Gasteiger partial charge on any atom is 0.230 e. The number of aliphatic hydroxyl groups is 1. The Hall–Kier alpha value is -1.49. The standard InChI is InChI=1S/C17H18ClNO2S/c18-15-8-4-5-13(9-15)10-19-17(21)12-22-11-16(20)14-6-2-1-3-7-14/h1-9,16,20H,10-12H2,(H,19,21). The monoisotopic (exact) mass is 335 g/mol. The maximum absolute atomic E-state index is 11.8. The number of nitrogens with one attached hydrogen (secondary N) is 1. The molecular formula is C17H18ClNO2S. The second-order valence-electron chi connectivity index (χ2n) is 4.85. The Morgan fingerprint density at radius 2 is 1.95 bits per heavy atom. The lowest BCUT2D eigenvalue weighted by Crippen LogP contribution is -2.25. The number of carbonyl (C=O) groups excluding carboxylic acids is 1. The lowest BCUT2D eigenvalue weighted by atomic mass is 10.1. The zero-order chi connectivity index (χ0) is 15.8. The Labute approximate surface area is 139 Å². The molecule has 5 heteroatoms. The molecule has 0 aliphatic carbocycles. The summed E-state index contributed by atoms with van der Waals surface area (Å²) >= 11 is 7.31. The van der Waals surface area contributed by atoms with Crippen molar-refractivity contribution < 1.29 is 9.90 Å². The normalized spacial score (nSPS) is 11.9. The van der Waals surface area contributed by atoms with E-state index in [0.29, 0.717) is 23.1 Å². The molecular weight excluding hydrogens is 318 g/mol. The third kappa shape index (κ3) is 5.72. The average molecular weight is 336 g/mol. The fraction of sp³-hybridized carbons (Fsp3) is 0.235. The molecule has 0 saturated heterocycles. The van der Waals surface area contributed by atoms with Crippen LogP contribution in [0.4, 0.5) is 0 Å². The van der Waals surface area contributed by atoms with Crippen LogP contribution in [0.1, 0.15) is 17.2 Å². The van der Waals surface area contributed by atoms with E-state index in [-0.39, 0.29) is 5.91 Å². The Morgan fingerprint density at radius 3 is 2.68 bits per heavy atom. The molecule has 22 heavy (non-hydrogen) atoms. The van der Waals surface area contributed by atoms with Crippen molar-refractivity contribution in [3.8, 4) is 0 Å². The molecule has 0 saturated carbocycles. The van der Waals surface area contributed by atoms with Crippen LogP contribution in [-0.4, -0.2) is 22.5 Å². The number of thioether (sulfide) groups is 1. The molecule has 0 bridgehead atoms. The molecule has 0 aliphatic rings. The van der Waals surface area contributed by atoms with Crippen LogP contribution in [-0.2, 0) is 11.3 Å². The summed E-state index contributed by atoms with van der Waals surface area (Å²) in [6.07, 6.45) is -0.549. The first-order valence-electron chi connectivity index (χ1n) is 6.97. The molecule has 0 spiro atoms. The van der Waals surface area contributed by atoms with E-state index in [1.54, 1.807) is 6.07 Å². The van der Waals surface area contributed by atoms with Gasteiger partial charge in [0.2, 0.25) is 5.91 Å². The average Bonchev–Trinajstić information content (AvgIpc) is 2.54. The smallest absolute Gasteiger partial charge is 0.230 e. The van der Waals surface area contributed by atoms with Crippen LogP contribution in [0.25, 0.3) is 0 Å². The summed E-state index contributed by atoms with van der Waals surface area (Å²) in [6, 6.07) is 16.8. The van der Waals surface area contributed by atoms with Crippen molar-refractivity contribution in [2.45, 2.75) is 12.6 Å². The number of aliphatic hydroxyl groups excluding tert-OH is 1.